The molecule has 1 fully saturated rings. The molecule has 1 N–H and O–H groups in total. The van der Waals surface area contributed by atoms with Crippen LogP contribution in [-0.2, 0) is 0 Å². The maximum absolute atomic E-state index is 9.41. The van der Waals surface area contributed by atoms with Gasteiger partial charge in [-0.2, -0.15) is 5.26 Å². The van der Waals surface area contributed by atoms with Gasteiger partial charge in [0.05, 0.1) is 23.9 Å². The van der Waals surface area contributed by atoms with Gasteiger partial charge in [-0.3, -0.25) is 4.90 Å². The van der Waals surface area contributed by atoms with E-state index < -0.39 is 0 Å². The number of aliphatic hydroxyl groups excluding tert-OH is 1. The molecule has 0 spiro atoms. The third-order valence-corrected chi connectivity index (χ3v) is 3.66. The van der Waals surface area contributed by atoms with E-state index in [2.05, 4.69) is 22.8 Å². The molecular weight excluding hydrogens is 226 g/mol. The molecular formula is C14H19N3O. The molecule has 1 saturated heterocycles. The van der Waals surface area contributed by atoms with Crippen LogP contribution in [0.5, 0.6) is 0 Å². The van der Waals surface area contributed by atoms with Crippen LogP contribution in [-0.4, -0.2) is 48.8 Å². The topological polar surface area (TPSA) is 50.5 Å². The van der Waals surface area contributed by atoms with Crippen LogP contribution in [0.1, 0.15) is 12.5 Å². The molecule has 96 valence electrons. The Balaban J connectivity index is 2.29. The fourth-order valence-corrected chi connectivity index (χ4v) is 2.56. The number of benzene rings is 1. The molecule has 0 aliphatic carbocycles. The minimum absolute atomic E-state index is 0.132. The van der Waals surface area contributed by atoms with E-state index in [0.29, 0.717) is 11.6 Å². The summed E-state index contributed by atoms with van der Waals surface area (Å²) in [5.74, 6) is 0. The van der Waals surface area contributed by atoms with Crippen molar-refractivity contribution in [3.63, 3.8) is 0 Å². The summed E-state index contributed by atoms with van der Waals surface area (Å²) in [5, 5.41) is 18.6. The van der Waals surface area contributed by atoms with Crippen LogP contribution in [0.2, 0.25) is 0 Å². The Bertz CT molecular complexity index is 455. The standard InChI is InChI=1S/C14H19N3O/c1-11-8-16(2)13(10-18)9-17(11)14-6-4-3-5-12(14)7-15/h3-6,11,13,18H,8-10H2,1-2H3. The van der Waals surface area contributed by atoms with E-state index in [-0.39, 0.29) is 12.6 Å². The summed E-state index contributed by atoms with van der Waals surface area (Å²) in [6.45, 7) is 3.95. The Morgan fingerprint density at radius 1 is 1.39 bits per heavy atom. The molecule has 1 aliphatic rings. The van der Waals surface area contributed by atoms with Crippen LogP contribution in [0.3, 0.4) is 0 Å². The first-order chi connectivity index (χ1) is 8.67. The van der Waals surface area contributed by atoms with Crippen LogP contribution in [0.4, 0.5) is 5.69 Å². The van der Waals surface area contributed by atoms with Gasteiger partial charge in [0.1, 0.15) is 6.07 Å². The lowest BCUT2D eigenvalue weighted by Gasteiger charge is -2.44. The average Bonchev–Trinajstić information content (AvgIpc) is 2.39. The molecule has 0 radical (unpaired) electrons. The van der Waals surface area contributed by atoms with Crippen molar-refractivity contribution in [2.75, 3.05) is 31.6 Å². The number of nitriles is 1. The summed E-state index contributed by atoms with van der Waals surface area (Å²) in [6.07, 6.45) is 0. The minimum Gasteiger partial charge on any atom is -0.395 e. The van der Waals surface area contributed by atoms with Crippen molar-refractivity contribution in [3.05, 3.63) is 29.8 Å². The second-order valence-electron chi connectivity index (χ2n) is 4.91. The molecule has 1 heterocycles. The quantitative estimate of drug-likeness (QED) is 0.846. The molecule has 2 unspecified atom stereocenters. The van der Waals surface area contributed by atoms with E-state index in [4.69, 9.17) is 0 Å². The molecule has 4 nitrogen and oxygen atoms in total. The highest BCUT2D eigenvalue weighted by molar-refractivity contribution is 5.60. The first-order valence-electron chi connectivity index (χ1n) is 6.24. The first kappa shape index (κ1) is 12.9. The summed E-state index contributed by atoms with van der Waals surface area (Å²) in [7, 11) is 2.03. The predicted molar refractivity (Wildman–Crippen MR) is 71.5 cm³/mol. The van der Waals surface area contributed by atoms with E-state index in [1.807, 2.05) is 31.3 Å². The lowest BCUT2D eigenvalue weighted by molar-refractivity contribution is 0.121. The van der Waals surface area contributed by atoms with Crippen LogP contribution in [0, 0.1) is 11.3 Å². The molecule has 0 aromatic heterocycles. The largest absolute Gasteiger partial charge is 0.395 e. The van der Waals surface area contributed by atoms with Crippen LogP contribution in [0.15, 0.2) is 24.3 Å². The number of likely N-dealkylation sites (N-methyl/N-ethyl adjacent to an activating group) is 1. The highest BCUT2D eigenvalue weighted by Gasteiger charge is 2.29. The SMILES string of the molecule is CC1CN(C)C(CO)CN1c1ccccc1C#N. The molecule has 2 atom stereocenters. The number of aliphatic hydroxyl groups is 1. The van der Waals surface area contributed by atoms with Gasteiger partial charge < -0.3 is 10.0 Å². The smallest absolute Gasteiger partial charge is 0.101 e. The maximum Gasteiger partial charge on any atom is 0.101 e. The normalized spacial score (nSPS) is 24.9. The summed E-state index contributed by atoms with van der Waals surface area (Å²) < 4.78 is 0. The monoisotopic (exact) mass is 245 g/mol. The predicted octanol–water partition coefficient (Wildman–Crippen LogP) is 1.06. The van der Waals surface area contributed by atoms with E-state index in [1.165, 1.54) is 0 Å². The zero-order valence-corrected chi connectivity index (χ0v) is 10.9. The molecule has 1 aromatic rings. The van der Waals surface area contributed by atoms with Crippen molar-refractivity contribution in [1.29, 1.82) is 5.26 Å². The summed E-state index contributed by atoms with van der Waals surface area (Å²) in [4.78, 5) is 4.40. The van der Waals surface area contributed by atoms with Crippen molar-refractivity contribution >= 4 is 5.69 Å². The molecule has 18 heavy (non-hydrogen) atoms. The summed E-state index contributed by atoms with van der Waals surface area (Å²) in [6, 6.07) is 10.4. The molecule has 0 amide bonds. The van der Waals surface area contributed by atoms with E-state index in [1.54, 1.807) is 0 Å². The first-order valence-corrected chi connectivity index (χ1v) is 6.24. The van der Waals surface area contributed by atoms with Gasteiger partial charge in [0.2, 0.25) is 0 Å². The summed E-state index contributed by atoms with van der Waals surface area (Å²) in [5.41, 5.74) is 1.67. The van der Waals surface area contributed by atoms with Gasteiger partial charge >= 0.3 is 0 Å². The van der Waals surface area contributed by atoms with Crippen LogP contribution < -0.4 is 4.90 Å². The van der Waals surface area contributed by atoms with E-state index >= 15 is 0 Å². The number of hydrogen-bond donors (Lipinski definition) is 1. The van der Waals surface area contributed by atoms with Crippen molar-refractivity contribution in [2.45, 2.75) is 19.0 Å². The molecule has 1 aromatic carbocycles. The number of piperazine rings is 1. The number of rotatable bonds is 2. The average molecular weight is 245 g/mol. The van der Waals surface area contributed by atoms with Crippen LogP contribution >= 0.6 is 0 Å². The van der Waals surface area contributed by atoms with Crippen molar-refractivity contribution < 1.29 is 5.11 Å². The molecule has 2 rings (SSSR count). The van der Waals surface area contributed by atoms with Crippen molar-refractivity contribution in [2.24, 2.45) is 0 Å². The Labute approximate surface area is 108 Å². The second-order valence-corrected chi connectivity index (χ2v) is 4.91. The third-order valence-electron chi connectivity index (χ3n) is 3.66. The van der Waals surface area contributed by atoms with Crippen LogP contribution in [0.25, 0.3) is 0 Å². The Morgan fingerprint density at radius 3 is 2.78 bits per heavy atom. The third kappa shape index (κ3) is 2.33. The Kier molecular flexibility index (Phi) is 3.85. The lowest BCUT2D eigenvalue weighted by Crippen LogP contribution is -2.57. The zero-order chi connectivity index (χ0) is 13.1. The number of hydrogen-bond acceptors (Lipinski definition) is 4. The number of nitrogens with zero attached hydrogens (tertiary/aromatic N) is 3. The van der Waals surface area contributed by atoms with Gasteiger partial charge in [0, 0.05) is 19.1 Å². The van der Waals surface area contributed by atoms with Gasteiger partial charge in [0.25, 0.3) is 0 Å². The second kappa shape index (κ2) is 5.38. The number of anilines is 1. The van der Waals surface area contributed by atoms with Gasteiger partial charge in [-0.1, -0.05) is 12.1 Å². The van der Waals surface area contributed by atoms with Gasteiger partial charge in [-0.25, -0.2) is 0 Å². The van der Waals surface area contributed by atoms with Gasteiger partial charge in [0.15, 0.2) is 0 Å². The molecule has 0 saturated carbocycles. The van der Waals surface area contributed by atoms with Crippen molar-refractivity contribution in [1.82, 2.24) is 4.90 Å². The highest BCUT2D eigenvalue weighted by atomic mass is 16.3. The molecule has 4 heteroatoms. The summed E-state index contributed by atoms with van der Waals surface area (Å²) >= 11 is 0. The minimum atomic E-state index is 0.132. The van der Waals surface area contributed by atoms with E-state index in [9.17, 15) is 10.4 Å². The fraction of sp³-hybridized carbons (Fsp3) is 0.500. The van der Waals surface area contributed by atoms with Gasteiger partial charge in [-0.15, -0.1) is 0 Å². The fourth-order valence-electron chi connectivity index (χ4n) is 2.56. The Hall–Kier alpha value is -1.57. The zero-order valence-electron chi connectivity index (χ0n) is 10.9. The molecule has 1 aliphatic heterocycles. The highest BCUT2D eigenvalue weighted by Crippen LogP contribution is 2.25. The maximum atomic E-state index is 9.41. The van der Waals surface area contributed by atoms with Crippen molar-refractivity contribution in [3.8, 4) is 6.07 Å². The number of para-hydroxylation sites is 1. The molecule has 0 bridgehead atoms. The van der Waals surface area contributed by atoms with Gasteiger partial charge in [-0.05, 0) is 26.1 Å². The lowest BCUT2D eigenvalue weighted by atomic mass is 10.1. The van der Waals surface area contributed by atoms with E-state index in [0.717, 1.165) is 18.8 Å². The Morgan fingerprint density at radius 2 is 2.11 bits per heavy atom.